The number of rotatable bonds is 8. The lowest BCUT2D eigenvalue weighted by atomic mass is 10.1. The third-order valence-corrected chi connectivity index (χ3v) is 5.39. The second-order valence-electron chi connectivity index (χ2n) is 7.64. The van der Waals surface area contributed by atoms with Gasteiger partial charge in [0.15, 0.2) is 6.61 Å². The van der Waals surface area contributed by atoms with Gasteiger partial charge in [0, 0.05) is 5.92 Å². The zero-order chi connectivity index (χ0) is 24.0. The Morgan fingerprint density at radius 2 is 1.76 bits per heavy atom. The first-order chi connectivity index (χ1) is 15.8. The van der Waals surface area contributed by atoms with E-state index in [4.69, 9.17) is 9.47 Å². The van der Waals surface area contributed by atoms with Gasteiger partial charge in [-0.2, -0.15) is 0 Å². The van der Waals surface area contributed by atoms with Gasteiger partial charge in [-0.1, -0.05) is 32.0 Å². The van der Waals surface area contributed by atoms with Crippen molar-refractivity contribution >= 4 is 29.3 Å². The van der Waals surface area contributed by atoms with Crippen molar-refractivity contribution in [2.75, 3.05) is 18.6 Å². The number of benzene rings is 2. The van der Waals surface area contributed by atoms with Gasteiger partial charge in [0.05, 0.1) is 19.2 Å². The molecule has 2 unspecified atom stereocenters. The summed E-state index contributed by atoms with van der Waals surface area (Å²) >= 11 is 0. The molecule has 1 aliphatic heterocycles. The minimum absolute atomic E-state index is 0.243. The molecule has 0 spiro atoms. The lowest BCUT2D eigenvalue weighted by Crippen LogP contribution is -2.57. The van der Waals surface area contributed by atoms with Crippen molar-refractivity contribution in [3.05, 3.63) is 54.6 Å². The Morgan fingerprint density at radius 1 is 1.09 bits per heavy atom. The van der Waals surface area contributed by atoms with Crippen LogP contribution in [-0.4, -0.2) is 48.4 Å². The zero-order valence-corrected chi connectivity index (χ0v) is 18.8. The predicted octanol–water partition coefficient (Wildman–Crippen LogP) is 2.31. The number of carbonyl (C=O) groups is 4. The number of hydrogen-bond donors (Lipinski definition) is 1. The molecule has 0 saturated carbocycles. The van der Waals surface area contributed by atoms with Crippen LogP contribution < -0.4 is 19.8 Å². The summed E-state index contributed by atoms with van der Waals surface area (Å²) in [6.45, 7) is 3.17. The molecule has 1 heterocycles. The average Bonchev–Trinajstić information content (AvgIpc) is 3.14. The monoisotopic (exact) mass is 453 g/mol. The third kappa shape index (κ3) is 5.49. The Hall–Kier alpha value is -3.88. The van der Waals surface area contributed by atoms with Gasteiger partial charge in [-0.15, -0.1) is 0 Å². The van der Waals surface area contributed by atoms with E-state index in [0.29, 0.717) is 23.6 Å². The number of imide groups is 1. The van der Waals surface area contributed by atoms with Gasteiger partial charge in [0.2, 0.25) is 11.8 Å². The molecule has 33 heavy (non-hydrogen) atoms. The first-order valence-electron chi connectivity index (χ1n) is 10.7. The molecule has 2 atom stereocenters. The first kappa shape index (κ1) is 23.8. The highest BCUT2D eigenvalue weighted by Gasteiger charge is 2.45. The summed E-state index contributed by atoms with van der Waals surface area (Å²) < 4.78 is 10.5. The van der Waals surface area contributed by atoms with Gasteiger partial charge < -0.3 is 9.47 Å². The highest BCUT2D eigenvalue weighted by atomic mass is 16.5. The summed E-state index contributed by atoms with van der Waals surface area (Å²) in [6, 6.07) is 14.0. The van der Waals surface area contributed by atoms with Crippen LogP contribution in [0.15, 0.2) is 54.6 Å². The lowest BCUT2D eigenvalue weighted by molar-refractivity contribution is -0.150. The fourth-order valence-corrected chi connectivity index (χ4v) is 3.35. The summed E-state index contributed by atoms with van der Waals surface area (Å²) in [4.78, 5) is 52.5. The molecule has 9 heteroatoms. The number of para-hydroxylation sites is 1. The van der Waals surface area contributed by atoms with Crippen LogP contribution in [0.3, 0.4) is 0 Å². The van der Waals surface area contributed by atoms with Crippen LogP contribution >= 0.6 is 0 Å². The maximum absolute atomic E-state index is 13.2. The second-order valence-corrected chi connectivity index (χ2v) is 7.64. The van der Waals surface area contributed by atoms with Crippen LogP contribution in [0.1, 0.15) is 26.7 Å². The number of nitrogens with one attached hydrogen (secondary N) is 1. The number of ether oxygens (including phenoxy) is 2. The van der Waals surface area contributed by atoms with E-state index in [1.165, 1.54) is 7.11 Å². The minimum atomic E-state index is -1.15. The van der Waals surface area contributed by atoms with Crippen molar-refractivity contribution in [1.29, 1.82) is 0 Å². The van der Waals surface area contributed by atoms with Crippen molar-refractivity contribution in [1.82, 2.24) is 10.4 Å². The van der Waals surface area contributed by atoms with Crippen molar-refractivity contribution in [2.45, 2.75) is 32.7 Å². The van der Waals surface area contributed by atoms with Gasteiger partial charge in [0.25, 0.3) is 11.8 Å². The number of amides is 4. The molecule has 2 aromatic rings. The van der Waals surface area contributed by atoms with E-state index in [-0.39, 0.29) is 13.0 Å². The second kappa shape index (κ2) is 10.6. The van der Waals surface area contributed by atoms with Crippen LogP contribution in [0.2, 0.25) is 0 Å². The maximum atomic E-state index is 13.2. The summed E-state index contributed by atoms with van der Waals surface area (Å²) in [5.41, 5.74) is 2.85. The van der Waals surface area contributed by atoms with Crippen molar-refractivity contribution in [3.63, 3.8) is 0 Å². The smallest absolute Gasteiger partial charge is 0.276 e. The van der Waals surface area contributed by atoms with Gasteiger partial charge in [0.1, 0.15) is 17.5 Å². The molecule has 3 rings (SSSR count). The predicted molar refractivity (Wildman–Crippen MR) is 120 cm³/mol. The largest absolute Gasteiger partial charge is 0.497 e. The van der Waals surface area contributed by atoms with Gasteiger partial charge in [-0.3, -0.25) is 24.6 Å². The number of hydrazine groups is 1. The molecular formula is C24H27N3O6. The number of anilines is 1. The Bertz CT molecular complexity index is 1010. The summed E-state index contributed by atoms with van der Waals surface area (Å²) in [7, 11) is 1.51. The number of methoxy groups -OCH3 is 1. The molecule has 0 bridgehead atoms. The first-order valence-corrected chi connectivity index (χ1v) is 10.7. The Morgan fingerprint density at radius 3 is 2.36 bits per heavy atom. The Balaban J connectivity index is 1.78. The molecule has 1 saturated heterocycles. The van der Waals surface area contributed by atoms with E-state index < -0.39 is 35.6 Å². The van der Waals surface area contributed by atoms with E-state index in [2.05, 4.69) is 5.43 Å². The summed E-state index contributed by atoms with van der Waals surface area (Å²) in [5.74, 6) is -1.51. The molecule has 1 N–H and O–H groups in total. The SMILES string of the molecule is CCC(C)C(=O)N(NC(=O)COc1ccccc1)C1CC(=O)N(c2ccc(OC)cc2)C1=O. The average molecular weight is 453 g/mol. The molecule has 2 aromatic carbocycles. The lowest BCUT2D eigenvalue weighted by Gasteiger charge is -2.29. The molecule has 0 aliphatic carbocycles. The number of hydrogen-bond acceptors (Lipinski definition) is 6. The molecule has 9 nitrogen and oxygen atoms in total. The van der Waals surface area contributed by atoms with Crippen LogP contribution in [0.5, 0.6) is 11.5 Å². The van der Waals surface area contributed by atoms with Crippen molar-refractivity contribution in [3.8, 4) is 11.5 Å². The standard InChI is InChI=1S/C24H27N3O6/c1-4-16(2)23(30)27(25-21(28)15-33-19-8-6-5-7-9-19)20-14-22(29)26(24(20)31)17-10-12-18(32-3)13-11-17/h5-13,16,20H,4,14-15H2,1-3H3,(H,25,28). The molecular weight excluding hydrogens is 426 g/mol. The Kier molecular flexibility index (Phi) is 7.66. The Labute approximate surface area is 192 Å². The molecule has 174 valence electrons. The van der Waals surface area contributed by atoms with E-state index in [0.717, 1.165) is 9.91 Å². The maximum Gasteiger partial charge on any atom is 0.276 e. The molecule has 1 aliphatic rings. The van der Waals surface area contributed by atoms with E-state index in [1.54, 1.807) is 55.5 Å². The van der Waals surface area contributed by atoms with Crippen molar-refractivity contribution in [2.24, 2.45) is 5.92 Å². The summed E-state index contributed by atoms with van der Waals surface area (Å²) in [6.07, 6.45) is 0.260. The molecule has 4 amide bonds. The van der Waals surface area contributed by atoms with E-state index in [9.17, 15) is 19.2 Å². The topological polar surface area (TPSA) is 105 Å². The normalized spacial score (nSPS) is 16.3. The zero-order valence-electron chi connectivity index (χ0n) is 18.8. The molecule has 0 radical (unpaired) electrons. The van der Waals surface area contributed by atoms with Gasteiger partial charge in [-0.25, -0.2) is 9.91 Å². The van der Waals surface area contributed by atoms with Crippen LogP contribution in [-0.2, 0) is 19.2 Å². The van der Waals surface area contributed by atoms with Gasteiger partial charge in [-0.05, 0) is 42.8 Å². The van der Waals surface area contributed by atoms with Crippen LogP contribution in [0, 0.1) is 5.92 Å². The number of carbonyl (C=O) groups excluding carboxylic acids is 4. The van der Waals surface area contributed by atoms with E-state index >= 15 is 0 Å². The van der Waals surface area contributed by atoms with E-state index in [1.807, 2.05) is 13.0 Å². The molecule has 1 fully saturated rings. The van der Waals surface area contributed by atoms with Gasteiger partial charge >= 0.3 is 0 Å². The van der Waals surface area contributed by atoms with Crippen LogP contribution in [0.4, 0.5) is 5.69 Å². The summed E-state index contributed by atoms with van der Waals surface area (Å²) in [5, 5.41) is 0.981. The van der Waals surface area contributed by atoms with Crippen LogP contribution in [0.25, 0.3) is 0 Å². The fourth-order valence-electron chi connectivity index (χ4n) is 3.35. The highest BCUT2D eigenvalue weighted by Crippen LogP contribution is 2.27. The fraction of sp³-hybridized carbons (Fsp3) is 0.333. The molecule has 0 aromatic heterocycles. The highest BCUT2D eigenvalue weighted by molar-refractivity contribution is 6.23. The minimum Gasteiger partial charge on any atom is -0.497 e. The third-order valence-electron chi connectivity index (χ3n) is 5.39. The quantitative estimate of drug-likeness (QED) is 0.486. The number of nitrogens with zero attached hydrogens (tertiary/aromatic N) is 2. The van der Waals surface area contributed by atoms with Crippen molar-refractivity contribution < 1.29 is 28.7 Å².